The number of carboxylic acids is 1. The summed E-state index contributed by atoms with van der Waals surface area (Å²) in [6, 6.07) is 7.17. The summed E-state index contributed by atoms with van der Waals surface area (Å²) in [5.74, 6) is -0.332. The Balaban J connectivity index is 2.21. The summed E-state index contributed by atoms with van der Waals surface area (Å²) in [4.78, 5) is 25.8. The third kappa shape index (κ3) is 3.63. The number of rotatable bonds is 3. The van der Waals surface area contributed by atoms with Crippen LogP contribution in [0.2, 0.25) is 0 Å². The molecule has 1 fully saturated rings. The first-order valence-corrected chi connectivity index (χ1v) is 8.04. The average molecular weight is 335 g/mol. The summed E-state index contributed by atoms with van der Waals surface area (Å²) in [6.07, 6.45) is 0.241. The molecule has 1 aliphatic rings. The van der Waals surface area contributed by atoms with Crippen molar-refractivity contribution in [3.8, 4) is 5.75 Å². The van der Waals surface area contributed by atoms with Crippen LogP contribution in [0.1, 0.15) is 39.2 Å². The summed E-state index contributed by atoms with van der Waals surface area (Å²) in [6.45, 7) is 6.10. The van der Waals surface area contributed by atoms with Gasteiger partial charge in [-0.3, -0.25) is 4.79 Å². The third-order valence-corrected chi connectivity index (χ3v) is 4.30. The number of ether oxygens (including phenoxy) is 2. The molecule has 1 aliphatic heterocycles. The molecule has 1 aromatic carbocycles. The van der Waals surface area contributed by atoms with E-state index in [0.29, 0.717) is 37.2 Å². The van der Waals surface area contributed by atoms with E-state index in [1.54, 1.807) is 17.0 Å². The summed E-state index contributed by atoms with van der Waals surface area (Å²) in [5, 5.41) is 9.88. The molecule has 6 nitrogen and oxygen atoms in total. The second kappa shape index (κ2) is 6.71. The minimum atomic E-state index is -1.05. The van der Waals surface area contributed by atoms with Gasteiger partial charge in [0, 0.05) is 18.7 Å². The number of carbonyl (C=O) groups is 2. The molecule has 1 saturated heterocycles. The van der Waals surface area contributed by atoms with Crippen LogP contribution < -0.4 is 4.74 Å². The number of carbonyl (C=O) groups excluding carboxylic acids is 1. The van der Waals surface area contributed by atoms with E-state index < -0.39 is 23.1 Å². The Kier molecular flexibility index (Phi) is 5.06. The molecule has 1 heterocycles. The van der Waals surface area contributed by atoms with Crippen molar-refractivity contribution in [1.29, 1.82) is 0 Å². The van der Waals surface area contributed by atoms with Gasteiger partial charge in [0.2, 0.25) is 0 Å². The lowest BCUT2D eigenvalue weighted by Crippen LogP contribution is -2.50. The maximum atomic E-state index is 12.2. The summed E-state index contributed by atoms with van der Waals surface area (Å²) in [7, 11) is 1.53. The fourth-order valence-electron chi connectivity index (χ4n) is 3.04. The molecule has 0 unspecified atom stereocenters. The van der Waals surface area contributed by atoms with Crippen molar-refractivity contribution in [2.75, 3.05) is 20.2 Å². The lowest BCUT2D eigenvalue weighted by Gasteiger charge is -2.39. The van der Waals surface area contributed by atoms with E-state index in [1.807, 2.05) is 32.9 Å². The predicted octanol–water partition coefficient (Wildman–Crippen LogP) is 3.05. The van der Waals surface area contributed by atoms with Crippen molar-refractivity contribution < 1.29 is 24.2 Å². The topological polar surface area (TPSA) is 76.1 Å². The number of para-hydroxylation sites is 1. The Bertz CT molecular complexity index is 612. The van der Waals surface area contributed by atoms with E-state index in [2.05, 4.69) is 0 Å². The highest BCUT2D eigenvalue weighted by Gasteiger charge is 2.46. The number of hydrogen-bond donors (Lipinski definition) is 1. The molecule has 1 amide bonds. The van der Waals surface area contributed by atoms with E-state index in [1.165, 1.54) is 7.11 Å². The van der Waals surface area contributed by atoms with Crippen LogP contribution in [0.15, 0.2) is 24.3 Å². The zero-order valence-electron chi connectivity index (χ0n) is 14.7. The van der Waals surface area contributed by atoms with Gasteiger partial charge < -0.3 is 19.5 Å². The van der Waals surface area contributed by atoms with Gasteiger partial charge in [-0.25, -0.2) is 4.79 Å². The average Bonchev–Trinajstić information content (AvgIpc) is 2.53. The summed E-state index contributed by atoms with van der Waals surface area (Å²) < 4.78 is 10.7. The Morgan fingerprint density at radius 3 is 2.25 bits per heavy atom. The minimum Gasteiger partial charge on any atom is -0.496 e. The maximum absolute atomic E-state index is 12.2. The van der Waals surface area contributed by atoms with Gasteiger partial charge in [0.1, 0.15) is 11.4 Å². The van der Waals surface area contributed by atoms with Crippen LogP contribution in [-0.2, 0) is 14.9 Å². The van der Waals surface area contributed by atoms with Crippen LogP contribution >= 0.6 is 0 Å². The normalized spacial score (nSPS) is 17.2. The van der Waals surface area contributed by atoms with Gasteiger partial charge in [-0.15, -0.1) is 0 Å². The van der Waals surface area contributed by atoms with Crippen LogP contribution in [0.4, 0.5) is 4.79 Å². The third-order valence-electron chi connectivity index (χ3n) is 4.30. The van der Waals surface area contributed by atoms with Gasteiger partial charge in [-0.05, 0) is 39.7 Å². The van der Waals surface area contributed by atoms with Gasteiger partial charge in [0.05, 0.1) is 12.5 Å². The van der Waals surface area contributed by atoms with E-state index in [0.717, 1.165) is 0 Å². The van der Waals surface area contributed by atoms with Gasteiger partial charge in [0.25, 0.3) is 0 Å². The highest BCUT2D eigenvalue weighted by molar-refractivity contribution is 5.83. The lowest BCUT2D eigenvalue weighted by molar-refractivity contribution is -0.146. The van der Waals surface area contributed by atoms with Crippen molar-refractivity contribution in [1.82, 2.24) is 4.90 Å². The molecule has 0 bridgehead atoms. The number of methoxy groups -OCH3 is 1. The van der Waals surface area contributed by atoms with E-state index in [-0.39, 0.29) is 0 Å². The van der Waals surface area contributed by atoms with Crippen LogP contribution in [0.25, 0.3) is 0 Å². The van der Waals surface area contributed by atoms with Crippen LogP contribution in [0.5, 0.6) is 5.75 Å². The molecule has 2 rings (SSSR count). The molecular weight excluding hydrogens is 310 g/mol. The van der Waals surface area contributed by atoms with Gasteiger partial charge >= 0.3 is 12.1 Å². The lowest BCUT2D eigenvalue weighted by atomic mass is 9.72. The first-order chi connectivity index (χ1) is 11.2. The van der Waals surface area contributed by atoms with Gasteiger partial charge in [0.15, 0.2) is 0 Å². The number of benzene rings is 1. The first kappa shape index (κ1) is 18.1. The molecule has 0 spiro atoms. The van der Waals surface area contributed by atoms with Crippen LogP contribution in [0, 0.1) is 0 Å². The van der Waals surface area contributed by atoms with Crippen LogP contribution in [-0.4, -0.2) is 47.9 Å². The fourth-order valence-corrected chi connectivity index (χ4v) is 3.04. The molecule has 0 saturated carbocycles. The number of piperidine rings is 1. The zero-order chi connectivity index (χ0) is 18.0. The Morgan fingerprint density at radius 1 is 1.17 bits per heavy atom. The molecule has 6 heteroatoms. The van der Waals surface area contributed by atoms with Crippen LogP contribution in [0.3, 0.4) is 0 Å². The van der Waals surface area contributed by atoms with E-state index in [4.69, 9.17) is 9.47 Å². The van der Waals surface area contributed by atoms with Crippen molar-refractivity contribution in [3.05, 3.63) is 29.8 Å². The Labute approximate surface area is 142 Å². The van der Waals surface area contributed by atoms with Gasteiger partial charge in [-0.2, -0.15) is 0 Å². The second-order valence-electron chi connectivity index (χ2n) is 7.05. The minimum absolute atomic E-state index is 0.321. The molecule has 0 atom stereocenters. The standard InChI is InChI=1S/C18H25NO5/c1-17(2,3)24-16(22)19-11-9-18(10-12-19,15(20)21)13-7-5-6-8-14(13)23-4/h5-8H,9-12H2,1-4H3,(H,20,21). The van der Waals surface area contributed by atoms with Crippen molar-refractivity contribution in [2.45, 2.75) is 44.6 Å². The monoisotopic (exact) mass is 335 g/mol. The maximum Gasteiger partial charge on any atom is 0.410 e. The number of hydrogen-bond acceptors (Lipinski definition) is 4. The Hall–Kier alpha value is -2.24. The number of nitrogens with zero attached hydrogens (tertiary/aromatic N) is 1. The SMILES string of the molecule is COc1ccccc1C1(C(=O)O)CCN(C(=O)OC(C)(C)C)CC1. The molecular formula is C18H25NO5. The molecule has 1 N–H and O–H groups in total. The predicted molar refractivity (Wildman–Crippen MR) is 89.3 cm³/mol. The first-order valence-electron chi connectivity index (χ1n) is 8.04. The number of amides is 1. The van der Waals surface area contributed by atoms with Gasteiger partial charge in [-0.1, -0.05) is 18.2 Å². The molecule has 0 radical (unpaired) electrons. The number of carboxylic acid groups (broad SMARTS) is 1. The summed E-state index contributed by atoms with van der Waals surface area (Å²) >= 11 is 0. The quantitative estimate of drug-likeness (QED) is 0.919. The largest absolute Gasteiger partial charge is 0.496 e. The highest BCUT2D eigenvalue weighted by atomic mass is 16.6. The number of likely N-dealkylation sites (tertiary alicyclic amines) is 1. The molecule has 132 valence electrons. The highest BCUT2D eigenvalue weighted by Crippen LogP contribution is 2.40. The molecule has 0 aliphatic carbocycles. The number of aliphatic carboxylic acids is 1. The zero-order valence-corrected chi connectivity index (χ0v) is 14.7. The van der Waals surface area contributed by atoms with E-state index >= 15 is 0 Å². The fraction of sp³-hybridized carbons (Fsp3) is 0.556. The van der Waals surface area contributed by atoms with Crippen molar-refractivity contribution in [2.24, 2.45) is 0 Å². The smallest absolute Gasteiger partial charge is 0.410 e. The van der Waals surface area contributed by atoms with Crippen molar-refractivity contribution >= 4 is 12.1 Å². The summed E-state index contributed by atoms with van der Waals surface area (Å²) in [5.41, 5.74) is -0.963. The molecule has 24 heavy (non-hydrogen) atoms. The molecule has 1 aromatic rings. The van der Waals surface area contributed by atoms with Crippen molar-refractivity contribution in [3.63, 3.8) is 0 Å². The second-order valence-corrected chi connectivity index (χ2v) is 7.05. The molecule has 0 aromatic heterocycles. The van der Waals surface area contributed by atoms with E-state index in [9.17, 15) is 14.7 Å². The Morgan fingerprint density at radius 2 is 1.75 bits per heavy atom.